The van der Waals surface area contributed by atoms with Crippen LogP contribution < -0.4 is 5.90 Å². The molecule has 0 amide bonds. The fourth-order valence-electron chi connectivity index (χ4n) is 1.05. The Bertz CT molecular complexity index is 95.7. The largest absolute Gasteiger partial charge is 0.387 e. The quantitative estimate of drug-likeness (QED) is 0.513. The second-order valence-electron chi connectivity index (χ2n) is 2.65. The molecule has 0 aliphatic carbocycles. The summed E-state index contributed by atoms with van der Waals surface area (Å²) in [5.74, 6) is 4.84. The molecule has 0 bridgehead atoms. The van der Waals surface area contributed by atoms with Gasteiger partial charge in [0.1, 0.15) is 0 Å². The van der Waals surface area contributed by atoms with Crippen molar-refractivity contribution in [3.05, 3.63) is 0 Å². The monoisotopic (exact) mass is 147 g/mol. The minimum Gasteiger partial charge on any atom is -0.387 e. The van der Waals surface area contributed by atoms with Gasteiger partial charge in [-0.25, -0.2) is 5.90 Å². The molecule has 4 nitrogen and oxygen atoms in total. The van der Waals surface area contributed by atoms with Gasteiger partial charge in [0.25, 0.3) is 0 Å². The Morgan fingerprint density at radius 1 is 1.50 bits per heavy atom. The maximum atomic E-state index is 9.59. The van der Waals surface area contributed by atoms with E-state index in [0.29, 0.717) is 26.1 Å². The molecule has 0 aromatic heterocycles. The van der Waals surface area contributed by atoms with Crippen LogP contribution in [0.4, 0.5) is 0 Å². The topological polar surface area (TPSA) is 64.7 Å². The summed E-state index contributed by atoms with van der Waals surface area (Å²) in [7, 11) is 0. The maximum absolute atomic E-state index is 9.59. The Labute approximate surface area is 59.9 Å². The van der Waals surface area contributed by atoms with Crippen LogP contribution >= 0.6 is 0 Å². The Morgan fingerprint density at radius 3 is 2.60 bits per heavy atom. The van der Waals surface area contributed by atoms with Crippen LogP contribution in [0, 0.1) is 0 Å². The molecular formula is C6H13NO3. The van der Waals surface area contributed by atoms with E-state index in [4.69, 9.17) is 10.6 Å². The van der Waals surface area contributed by atoms with Crippen LogP contribution in [0.3, 0.4) is 0 Å². The molecular weight excluding hydrogens is 134 g/mol. The molecule has 0 atom stereocenters. The van der Waals surface area contributed by atoms with Crippen molar-refractivity contribution in [3.63, 3.8) is 0 Å². The van der Waals surface area contributed by atoms with Crippen molar-refractivity contribution in [2.75, 3.05) is 19.8 Å². The number of ether oxygens (including phenoxy) is 1. The molecule has 0 unspecified atom stereocenters. The van der Waals surface area contributed by atoms with E-state index >= 15 is 0 Å². The number of rotatable bonds is 2. The van der Waals surface area contributed by atoms with Crippen molar-refractivity contribution in [3.8, 4) is 0 Å². The Kier molecular flexibility index (Phi) is 2.62. The van der Waals surface area contributed by atoms with E-state index in [2.05, 4.69) is 4.84 Å². The minimum atomic E-state index is -0.743. The van der Waals surface area contributed by atoms with Gasteiger partial charge < -0.3 is 14.7 Å². The summed E-state index contributed by atoms with van der Waals surface area (Å²) in [5.41, 5.74) is -0.743. The molecule has 1 aliphatic rings. The van der Waals surface area contributed by atoms with Crippen LogP contribution in [0.25, 0.3) is 0 Å². The zero-order valence-electron chi connectivity index (χ0n) is 5.88. The van der Waals surface area contributed by atoms with Crippen molar-refractivity contribution < 1.29 is 14.7 Å². The summed E-state index contributed by atoms with van der Waals surface area (Å²) in [6, 6.07) is 0. The van der Waals surface area contributed by atoms with Gasteiger partial charge in [0.2, 0.25) is 0 Å². The predicted octanol–water partition coefficient (Wildman–Crippen LogP) is -0.582. The Hall–Kier alpha value is -0.160. The first kappa shape index (κ1) is 7.94. The van der Waals surface area contributed by atoms with Crippen molar-refractivity contribution in [1.82, 2.24) is 0 Å². The standard InChI is InChI=1S/C6H13NO3/c7-10-5-6(8)1-3-9-4-2-6/h8H,1-5,7H2. The first-order valence-electron chi connectivity index (χ1n) is 3.39. The van der Waals surface area contributed by atoms with E-state index in [9.17, 15) is 5.11 Å². The van der Waals surface area contributed by atoms with Gasteiger partial charge in [-0.2, -0.15) is 0 Å². The second kappa shape index (κ2) is 3.30. The average molecular weight is 147 g/mol. The smallest absolute Gasteiger partial charge is 0.0968 e. The highest BCUT2D eigenvalue weighted by atomic mass is 16.6. The molecule has 0 radical (unpaired) electrons. The van der Waals surface area contributed by atoms with Crippen LogP contribution in [0.1, 0.15) is 12.8 Å². The number of aliphatic hydroxyl groups is 1. The van der Waals surface area contributed by atoms with Crippen LogP contribution in [0.5, 0.6) is 0 Å². The van der Waals surface area contributed by atoms with Crippen molar-refractivity contribution >= 4 is 0 Å². The van der Waals surface area contributed by atoms with Gasteiger partial charge in [-0.1, -0.05) is 0 Å². The molecule has 4 heteroatoms. The molecule has 1 fully saturated rings. The van der Waals surface area contributed by atoms with E-state index in [0.717, 1.165) is 0 Å². The molecule has 0 aromatic carbocycles. The zero-order valence-corrected chi connectivity index (χ0v) is 5.88. The summed E-state index contributed by atoms with van der Waals surface area (Å²) in [6.45, 7) is 1.40. The molecule has 0 spiro atoms. The Balaban J connectivity index is 2.32. The van der Waals surface area contributed by atoms with E-state index in [-0.39, 0.29) is 6.61 Å². The molecule has 10 heavy (non-hydrogen) atoms. The van der Waals surface area contributed by atoms with E-state index in [1.807, 2.05) is 0 Å². The first-order valence-corrected chi connectivity index (χ1v) is 3.39. The highest BCUT2D eigenvalue weighted by Gasteiger charge is 2.29. The van der Waals surface area contributed by atoms with Gasteiger partial charge >= 0.3 is 0 Å². The van der Waals surface area contributed by atoms with Crippen LogP contribution in [0.2, 0.25) is 0 Å². The molecule has 60 valence electrons. The third-order valence-corrected chi connectivity index (χ3v) is 1.78. The van der Waals surface area contributed by atoms with Crippen molar-refractivity contribution in [1.29, 1.82) is 0 Å². The van der Waals surface area contributed by atoms with E-state index in [1.54, 1.807) is 0 Å². The molecule has 0 aromatic rings. The van der Waals surface area contributed by atoms with Gasteiger partial charge in [-0.15, -0.1) is 0 Å². The third kappa shape index (κ3) is 1.91. The fourth-order valence-corrected chi connectivity index (χ4v) is 1.05. The summed E-state index contributed by atoms with van der Waals surface area (Å²) >= 11 is 0. The summed E-state index contributed by atoms with van der Waals surface area (Å²) < 4.78 is 5.05. The van der Waals surface area contributed by atoms with E-state index in [1.165, 1.54) is 0 Å². The average Bonchev–Trinajstić information content (AvgIpc) is 1.89. The lowest BCUT2D eigenvalue weighted by molar-refractivity contribution is -0.108. The molecule has 3 N–H and O–H groups in total. The Morgan fingerprint density at radius 2 is 2.10 bits per heavy atom. The van der Waals surface area contributed by atoms with Gasteiger partial charge in [-0.05, 0) is 0 Å². The van der Waals surface area contributed by atoms with Gasteiger partial charge in [0.05, 0.1) is 12.2 Å². The highest BCUT2D eigenvalue weighted by molar-refractivity contribution is 4.80. The highest BCUT2D eigenvalue weighted by Crippen LogP contribution is 2.19. The fraction of sp³-hybridized carbons (Fsp3) is 1.00. The predicted molar refractivity (Wildman–Crippen MR) is 35.1 cm³/mol. The molecule has 1 aliphatic heterocycles. The molecule has 1 rings (SSSR count). The summed E-state index contributed by atoms with van der Waals surface area (Å²) in [5, 5.41) is 9.59. The van der Waals surface area contributed by atoms with Crippen LogP contribution in [-0.2, 0) is 9.57 Å². The lowest BCUT2D eigenvalue weighted by Gasteiger charge is -2.30. The lowest BCUT2D eigenvalue weighted by Crippen LogP contribution is -2.41. The summed E-state index contributed by atoms with van der Waals surface area (Å²) in [4.78, 5) is 4.38. The van der Waals surface area contributed by atoms with Crippen LogP contribution in [0.15, 0.2) is 0 Å². The second-order valence-corrected chi connectivity index (χ2v) is 2.65. The number of hydrogen-bond donors (Lipinski definition) is 2. The van der Waals surface area contributed by atoms with Gasteiger partial charge in [0, 0.05) is 26.1 Å². The number of hydrogen-bond acceptors (Lipinski definition) is 4. The lowest BCUT2D eigenvalue weighted by atomic mass is 9.96. The van der Waals surface area contributed by atoms with E-state index < -0.39 is 5.60 Å². The van der Waals surface area contributed by atoms with Crippen molar-refractivity contribution in [2.24, 2.45) is 5.90 Å². The van der Waals surface area contributed by atoms with Crippen molar-refractivity contribution in [2.45, 2.75) is 18.4 Å². The maximum Gasteiger partial charge on any atom is 0.0968 e. The molecule has 0 saturated carbocycles. The van der Waals surface area contributed by atoms with Crippen LogP contribution in [-0.4, -0.2) is 30.5 Å². The summed E-state index contributed by atoms with van der Waals surface area (Å²) in [6.07, 6.45) is 1.23. The molecule has 1 saturated heterocycles. The first-order chi connectivity index (χ1) is 4.77. The van der Waals surface area contributed by atoms with Gasteiger partial charge in [-0.3, -0.25) is 0 Å². The minimum absolute atomic E-state index is 0.205. The molecule has 1 heterocycles. The number of nitrogens with two attached hydrogens (primary N) is 1. The van der Waals surface area contributed by atoms with Gasteiger partial charge in [0.15, 0.2) is 0 Å². The third-order valence-electron chi connectivity index (χ3n) is 1.78. The SMILES string of the molecule is NOCC1(O)CCOCC1. The normalized spacial score (nSPS) is 24.6. The zero-order chi connectivity index (χ0) is 7.45.